The van der Waals surface area contributed by atoms with Crippen LogP contribution in [0.3, 0.4) is 0 Å². The Bertz CT molecular complexity index is 1180. The summed E-state index contributed by atoms with van der Waals surface area (Å²) in [7, 11) is -2.14. The number of halogens is 1. The minimum atomic E-state index is -3.66. The molecule has 4 rings (SSSR count). The molecule has 9 heteroatoms. The van der Waals surface area contributed by atoms with E-state index in [1.807, 2.05) is 0 Å². The molecule has 7 nitrogen and oxygen atoms in total. The van der Waals surface area contributed by atoms with Crippen molar-refractivity contribution in [3.05, 3.63) is 47.0 Å². The first-order chi connectivity index (χ1) is 14.0. The molecule has 152 valence electrons. The van der Waals surface area contributed by atoms with Crippen LogP contribution in [0.1, 0.15) is 10.4 Å². The smallest absolute Gasteiger partial charge is 0.243 e. The Morgan fingerprint density at radius 2 is 1.93 bits per heavy atom. The monoisotopic (exact) mass is 434 g/mol. The zero-order valence-corrected chi connectivity index (χ0v) is 17.2. The number of methoxy groups -OCH3 is 1. The molecule has 3 aromatic rings. The lowest BCUT2D eigenvalue weighted by molar-refractivity contribution is 0.0730. The molecule has 2 aromatic carbocycles. The fourth-order valence-corrected chi connectivity index (χ4v) is 5.15. The summed E-state index contributed by atoms with van der Waals surface area (Å²) < 4.78 is 37.7. The number of carbonyl (C=O) groups is 1. The number of morpholine rings is 1. The average molecular weight is 435 g/mol. The molecule has 0 aliphatic carbocycles. The van der Waals surface area contributed by atoms with Gasteiger partial charge in [-0.1, -0.05) is 11.6 Å². The molecule has 0 spiro atoms. The van der Waals surface area contributed by atoms with Gasteiger partial charge in [0, 0.05) is 35.1 Å². The van der Waals surface area contributed by atoms with Crippen LogP contribution in [-0.4, -0.2) is 57.4 Å². The highest BCUT2D eigenvalue weighted by molar-refractivity contribution is 7.89. The van der Waals surface area contributed by atoms with Crippen molar-refractivity contribution < 1.29 is 22.7 Å². The Balaban J connectivity index is 1.82. The molecule has 1 aliphatic rings. The summed E-state index contributed by atoms with van der Waals surface area (Å²) >= 11 is 6.22. The number of nitrogens with one attached hydrogen (secondary N) is 1. The minimum absolute atomic E-state index is 0.147. The van der Waals surface area contributed by atoms with Gasteiger partial charge in [-0.2, -0.15) is 4.31 Å². The summed E-state index contributed by atoms with van der Waals surface area (Å²) in [5.41, 5.74) is 2.31. The molecular weight excluding hydrogens is 416 g/mol. The number of benzene rings is 2. The Morgan fingerprint density at radius 3 is 2.59 bits per heavy atom. The van der Waals surface area contributed by atoms with Gasteiger partial charge in [-0.25, -0.2) is 8.42 Å². The number of carbonyl (C=O) groups excluding carboxylic acids is 1. The van der Waals surface area contributed by atoms with Crippen molar-refractivity contribution in [3.8, 4) is 17.0 Å². The number of aromatic nitrogens is 1. The van der Waals surface area contributed by atoms with Gasteiger partial charge in [0.2, 0.25) is 10.0 Å². The second-order valence-corrected chi connectivity index (χ2v) is 8.95. The second kappa shape index (κ2) is 7.79. The highest BCUT2D eigenvalue weighted by atomic mass is 35.5. The van der Waals surface area contributed by atoms with Crippen LogP contribution < -0.4 is 4.74 Å². The lowest BCUT2D eigenvalue weighted by atomic mass is 10.1. The molecule has 0 unspecified atom stereocenters. The van der Waals surface area contributed by atoms with Crippen molar-refractivity contribution in [1.82, 2.24) is 9.29 Å². The number of fused-ring (bicyclic) bond motifs is 1. The molecule has 1 aliphatic heterocycles. The van der Waals surface area contributed by atoms with E-state index in [1.165, 1.54) is 17.5 Å². The number of ether oxygens (including phenoxy) is 2. The third kappa shape index (κ3) is 3.53. The second-order valence-electron chi connectivity index (χ2n) is 6.60. The molecular formula is C20H19ClN2O5S. The Labute approximate surface area is 173 Å². The van der Waals surface area contributed by atoms with Crippen molar-refractivity contribution in [2.24, 2.45) is 0 Å². The van der Waals surface area contributed by atoms with Crippen molar-refractivity contribution in [1.29, 1.82) is 0 Å². The first-order valence-electron chi connectivity index (χ1n) is 8.98. The van der Waals surface area contributed by atoms with E-state index in [0.29, 0.717) is 64.8 Å². The van der Waals surface area contributed by atoms with Crippen molar-refractivity contribution in [2.45, 2.75) is 4.90 Å². The van der Waals surface area contributed by atoms with Crippen LogP contribution in [-0.2, 0) is 14.8 Å². The number of hydrogen-bond donors (Lipinski definition) is 1. The van der Waals surface area contributed by atoms with Gasteiger partial charge in [0.25, 0.3) is 0 Å². The SMILES string of the molecule is COc1ccc(-c2[nH]c3ccc(S(=O)(=O)N4CCOCC4)cc3c2C=O)cc1Cl. The van der Waals surface area contributed by atoms with Gasteiger partial charge >= 0.3 is 0 Å². The van der Waals surface area contributed by atoms with E-state index in [0.717, 1.165) is 6.29 Å². The standard InChI is InChI=1S/C20H19ClN2O5S/c1-27-19-5-2-13(10-17(19)21)20-16(12-24)15-11-14(3-4-18(15)22-20)29(25,26)23-6-8-28-9-7-23/h2-5,10-12,22H,6-9H2,1H3. The van der Waals surface area contributed by atoms with Crippen LogP contribution in [0.25, 0.3) is 22.2 Å². The molecule has 1 fully saturated rings. The summed E-state index contributed by atoms with van der Waals surface area (Å²) in [6, 6.07) is 9.95. The van der Waals surface area contributed by atoms with Crippen LogP contribution in [0.5, 0.6) is 5.75 Å². The normalized spacial score (nSPS) is 15.5. The topological polar surface area (TPSA) is 88.7 Å². The van der Waals surface area contributed by atoms with E-state index in [4.69, 9.17) is 21.1 Å². The predicted molar refractivity (Wildman–Crippen MR) is 110 cm³/mol. The zero-order chi connectivity index (χ0) is 20.6. The van der Waals surface area contributed by atoms with E-state index in [9.17, 15) is 13.2 Å². The van der Waals surface area contributed by atoms with E-state index in [2.05, 4.69) is 4.98 Å². The lowest BCUT2D eigenvalue weighted by Crippen LogP contribution is -2.40. The van der Waals surface area contributed by atoms with E-state index in [-0.39, 0.29) is 4.90 Å². The number of aldehydes is 1. The van der Waals surface area contributed by atoms with Gasteiger partial charge in [-0.05, 0) is 36.4 Å². The molecule has 1 aromatic heterocycles. The number of rotatable bonds is 5. The highest BCUT2D eigenvalue weighted by Crippen LogP contribution is 2.35. The Kier molecular flexibility index (Phi) is 5.35. The molecule has 29 heavy (non-hydrogen) atoms. The quantitative estimate of drug-likeness (QED) is 0.622. The third-order valence-corrected chi connectivity index (χ3v) is 7.17. The number of aromatic amines is 1. The van der Waals surface area contributed by atoms with Gasteiger partial charge in [-0.15, -0.1) is 0 Å². The number of H-pyrrole nitrogens is 1. The van der Waals surface area contributed by atoms with Gasteiger partial charge in [0.15, 0.2) is 6.29 Å². The molecule has 0 radical (unpaired) electrons. The molecule has 1 saturated heterocycles. The van der Waals surface area contributed by atoms with Crippen LogP contribution in [0.4, 0.5) is 0 Å². The summed E-state index contributed by atoms with van der Waals surface area (Å²) in [6.07, 6.45) is 0.720. The van der Waals surface area contributed by atoms with E-state index < -0.39 is 10.0 Å². The molecule has 0 saturated carbocycles. The van der Waals surface area contributed by atoms with Crippen LogP contribution in [0.2, 0.25) is 5.02 Å². The zero-order valence-electron chi connectivity index (χ0n) is 15.6. The van der Waals surface area contributed by atoms with Crippen molar-refractivity contribution >= 4 is 38.8 Å². The summed E-state index contributed by atoms with van der Waals surface area (Å²) in [6.45, 7) is 1.36. The van der Waals surface area contributed by atoms with Gasteiger partial charge in [0.1, 0.15) is 5.75 Å². The molecule has 0 amide bonds. The third-order valence-electron chi connectivity index (χ3n) is 4.98. The first-order valence-corrected chi connectivity index (χ1v) is 10.8. The fourth-order valence-electron chi connectivity index (χ4n) is 3.46. The van der Waals surface area contributed by atoms with E-state index in [1.54, 1.807) is 30.3 Å². The van der Waals surface area contributed by atoms with E-state index >= 15 is 0 Å². The maximum absolute atomic E-state index is 13.0. The van der Waals surface area contributed by atoms with Gasteiger partial charge < -0.3 is 14.5 Å². The maximum Gasteiger partial charge on any atom is 0.243 e. The van der Waals surface area contributed by atoms with Gasteiger partial charge in [0.05, 0.1) is 35.9 Å². The number of sulfonamides is 1. The molecule has 0 bridgehead atoms. The van der Waals surface area contributed by atoms with Crippen molar-refractivity contribution in [3.63, 3.8) is 0 Å². The Morgan fingerprint density at radius 1 is 1.17 bits per heavy atom. The highest BCUT2D eigenvalue weighted by Gasteiger charge is 2.27. The largest absolute Gasteiger partial charge is 0.495 e. The number of hydrogen-bond acceptors (Lipinski definition) is 5. The molecule has 0 atom stereocenters. The number of nitrogens with zero attached hydrogens (tertiary/aromatic N) is 1. The maximum atomic E-state index is 13.0. The van der Waals surface area contributed by atoms with Crippen molar-refractivity contribution in [2.75, 3.05) is 33.4 Å². The molecule has 1 N–H and O–H groups in total. The van der Waals surface area contributed by atoms with Crippen LogP contribution in [0, 0.1) is 0 Å². The first kappa shape index (κ1) is 19.9. The Hall–Kier alpha value is -2.39. The van der Waals surface area contributed by atoms with Gasteiger partial charge in [-0.3, -0.25) is 4.79 Å². The summed E-state index contributed by atoms with van der Waals surface area (Å²) in [5.74, 6) is 0.526. The predicted octanol–water partition coefficient (Wildman–Crippen LogP) is 3.33. The summed E-state index contributed by atoms with van der Waals surface area (Å²) in [5, 5.41) is 0.951. The fraction of sp³-hybridized carbons (Fsp3) is 0.250. The lowest BCUT2D eigenvalue weighted by Gasteiger charge is -2.26. The summed E-state index contributed by atoms with van der Waals surface area (Å²) in [4.78, 5) is 15.2. The van der Waals surface area contributed by atoms with Crippen LogP contribution in [0.15, 0.2) is 41.3 Å². The average Bonchev–Trinajstić information content (AvgIpc) is 3.12. The molecule has 2 heterocycles. The van der Waals surface area contributed by atoms with Crippen LogP contribution >= 0.6 is 11.6 Å². The minimum Gasteiger partial charge on any atom is -0.495 e.